The highest BCUT2D eigenvalue weighted by Gasteiger charge is 2.08. The van der Waals surface area contributed by atoms with E-state index >= 15 is 0 Å². The van der Waals surface area contributed by atoms with Gasteiger partial charge in [-0.2, -0.15) is 0 Å². The molecule has 0 spiro atoms. The van der Waals surface area contributed by atoms with Crippen LogP contribution in [-0.2, 0) is 6.61 Å². The van der Waals surface area contributed by atoms with Crippen molar-refractivity contribution < 1.29 is 4.74 Å². The topological polar surface area (TPSA) is 48.1 Å². The Kier molecular flexibility index (Phi) is 3.51. The fourth-order valence-electron chi connectivity index (χ4n) is 1.87. The minimum absolute atomic E-state index is 0.470. The molecule has 0 saturated carbocycles. The van der Waals surface area contributed by atoms with Crippen LogP contribution < -0.4 is 10.5 Å². The second-order valence-electron chi connectivity index (χ2n) is 4.48. The van der Waals surface area contributed by atoms with E-state index in [0.29, 0.717) is 6.61 Å². The van der Waals surface area contributed by atoms with Crippen LogP contribution in [0, 0.1) is 20.8 Å². The number of aromatic nitrogens is 1. The van der Waals surface area contributed by atoms with Gasteiger partial charge in [-0.3, -0.25) is 4.98 Å². The minimum atomic E-state index is 0.470. The lowest BCUT2D eigenvalue weighted by Crippen LogP contribution is -2.04. The number of pyridine rings is 1. The van der Waals surface area contributed by atoms with Crippen molar-refractivity contribution >= 4 is 5.69 Å². The Morgan fingerprint density at radius 2 is 1.89 bits per heavy atom. The average Bonchev–Trinajstić information content (AvgIpc) is 2.36. The van der Waals surface area contributed by atoms with Gasteiger partial charge in [0.15, 0.2) is 0 Å². The van der Waals surface area contributed by atoms with E-state index in [2.05, 4.69) is 4.98 Å². The molecular formula is C15H18N2O. The van der Waals surface area contributed by atoms with Gasteiger partial charge >= 0.3 is 0 Å². The molecule has 3 heteroatoms. The van der Waals surface area contributed by atoms with E-state index in [0.717, 1.165) is 33.8 Å². The highest BCUT2D eigenvalue weighted by Crippen LogP contribution is 2.28. The fourth-order valence-corrected chi connectivity index (χ4v) is 1.87. The molecule has 0 aliphatic carbocycles. The van der Waals surface area contributed by atoms with Gasteiger partial charge in [0.25, 0.3) is 0 Å². The summed E-state index contributed by atoms with van der Waals surface area (Å²) in [5.41, 5.74) is 10.8. The highest BCUT2D eigenvalue weighted by molar-refractivity contribution is 5.56. The van der Waals surface area contributed by atoms with Gasteiger partial charge in [0.2, 0.25) is 0 Å². The molecule has 1 heterocycles. The average molecular weight is 242 g/mol. The van der Waals surface area contributed by atoms with Gasteiger partial charge in [-0.1, -0.05) is 12.1 Å². The summed E-state index contributed by atoms with van der Waals surface area (Å²) in [7, 11) is 0. The summed E-state index contributed by atoms with van der Waals surface area (Å²) in [4.78, 5) is 4.32. The Morgan fingerprint density at radius 3 is 2.61 bits per heavy atom. The smallest absolute Gasteiger partial charge is 0.130 e. The Hall–Kier alpha value is -2.03. The number of rotatable bonds is 3. The standard InChI is InChI=1S/C15H18N2O/c1-10-5-4-8-17-14(10)9-18-15-11(2)6-7-13(16)12(15)3/h4-8H,9,16H2,1-3H3. The van der Waals surface area contributed by atoms with Crippen molar-refractivity contribution in [2.75, 3.05) is 5.73 Å². The first-order chi connectivity index (χ1) is 8.59. The van der Waals surface area contributed by atoms with Gasteiger partial charge in [-0.15, -0.1) is 0 Å². The van der Waals surface area contributed by atoms with E-state index in [4.69, 9.17) is 10.5 Å². The normalized spacial score (nSPS) is 10.4. The number of nitrogens with zero attached hydrogens (tertiary/aromatic N) is 1. The number of ether oxygens (including phenoxy) is 1. The van der Waals surface area contributed by atoms with Crippen LogP contribution in [0.2, 0.25) is 0 Å². The van der Waals surface area contributed by atoms with Crippen molar-refractivity contribution in [3.63, 3.8) is 0 Å². The van der Waals surface area contributed by atoms with Crippen molar-refractivity contribution in [1.82, 2.24) is 4.98 Å². The molecule has 0 bridgehead atoms. The van der Waals surface area contributed by atoms with E-state index in [1.165, 1.54) is 0 Å². The third-order valence-corrected chi connectivity index (χ3v) is 3.12. The van der Waals surface area contributed by atoms with Crippen molar-refractivity contribution in [3.05, 3.63) is 52.8 Å². The number of nitrogen functional groups attached to an aromatic ring is 1. The number of benzene rings is 1. The fraction of sp³-hybridized carbons (Fsp3) is 0.267. The lowest BCUT2D eigenvalue weighted by Gasteiger charge is -2.14. The van der Waals surface area contributed by atoms with Crippen LogP contribution in [0.3, 0.4) is 0 Å². The number of anilines is 1. The maximum absolute atomic E-state index is 5.89. The molecule has 0 amide bonds. The number of nitrogens with two attached hydrogens (primary N) is 1. The summed E-state index contributed by atoms with van der Waals surface area (Å²) in [6.07, 6.45) is 1.78. The largest absolute Gasteiger partial charge is 0.487 e. The molecule has 0 unspecified atom stereocenters. The Bertz CT molecular complexity index is 564. The predicted octanol–water partition coefficient (Wildman–Crippen LogP) is 3.17. The number of aryl methyl sites for hydroxylation is 2. The first-order valence-electron chi connectivity index (χ1n) is 5.98. The summed E-state index contributed by atoms with van der Waals surface area (Å²) in [5.74, 6) is 0.861. The zero-order chi connectivity index (χ0) is 13.1. The van der Waals surface area contributed by atoms with Crippen LogP contribution >= 0.6 is 0 Å². The van der Waals surface area contributed by atoms with Crippen LogP contribution in [0.15, 0.2) is 30.5 Å². The van der Waals surface area contributed by atoms with Crippen molar-refractivity contribution in [1.29, 1.82) is 0 Å². The lowest BCUT2D eigenvalue weighted by molar-refractivity contribution is 0.296. The Morgan fingerprint density at radius 1 is 1.11 bits per heavy atom. The SMILES string of the molecule is Cc1cccnc1COc1c(C)ccc(N)c1C. The molecule has 18 heavy (non-hydrogen) atoms. The predicted molar refractivity (Wildman–Crippen MR) is 73.6 cm³/mol. The molecule has 0 radical (unpaired) electrons. The molecule has 0 saturated heterocycles. The highest BCUT2D eigenvalue weighted by atomic mass is 16.5. The second-order valence-corrected chi connectivity index (χ2v) is 4.48. The summed E-state index contributed by atoms with van der Waals surface area (Å²) in [6, 6.07) is 7.84. The minimum Gasteiger partial charge on any atom is -0.487 e. The molecular weight excluding hydrogens is 224 g/mol. The molecule has 0 aliphatic rings. The molecule has 2 rings (SSSR count). The first-order valence-corrected chi connectivity index (χ1v) is 5.98. The third-order valence-electron chi connectivity index (χ3n) is 3.12. The number of hydrogen-bond donors (Lipinski definition) is 1. The lowest BCUT2D eigenvalue weighted by atomic mass is 10.1. The van der Waals surface area contributed by atoms with Gasteiger partial charge in [-0.25, -0.2) is 0 Å². The molecule has 0 atom stereocenters. The van der Waals surface area contributed by atoms with Crippen LogP contribution in [0.4, 0.5) is 5.69 Å². The van der Waals surface area contributed by atoms with Crippen molar-refractivity contribution in [3.8, 4) is 5.75 Å². The quantitative estimate of drug-likeness (QED) is 0.841. The van der Waals surface area contributed by atoms with Gasteiger partial charge < -0.3 is 10.5 Å². The van der Waals surface area contributed by atoms with Crippen molar-refractivity contribution in [2.45, 2.75) is 27.4 Å². The molecule has 1 aromatic heterocycles. The Balaban J connectivity index is 2.21. The molecule has 2 N–H and O–H groups in total. The molecule has 0 aliphatic heterocycles. The molecule has 3 nitrogen and oxygen atoms in total. The van der Waals surface area contributed by atoms with Crippen molar-refractivity contribution in [2.24, 2.45) is 0 Å². The molecule has 0 fully saturated rings. The zero-order valence-electron chi connectivity index (χ0n) is 11.0. The third kappa shape index (κ3) is 2.45. The molecule has 2 aromatic rings. The van der Waals surface area contributed by atoms with Crippen LogP contribution in [-0.4, -0.2) is 4.98 Å². The zero-order valence-corrected chi connectivity index (χ0v) is 11.0. The van der Waals surface area contributed by atoms with Crippen LogP contribution in [0.5, 0.6) is 5.75 Å². The summed E-state index contributed by atoms with van der Waals surface area (Å²) in [5, 5.41) is 0. The second kappa shape index (κ2) is 5.08. The maximum atomic E-state index is 5.89. The monoisotopic (exact) mass is 242 g/mol. The van der Waals surface area contributed by atoms with E-state index in [-0.39, 0.29) is 0 Å². The van der Waals surface area contributed by atoms with Crippen LogP contribution in [0.1, 0.15) is 22.4 Å². The maximum Gasteiger partial charge on any atom is 0.130 e. The van der Waals surface area contributed by atoms with Crippen LogP contribution in [0.25, 0.3) is 0 Å². The molecule has 1 aromatic carbocycles. The van der Waals surface area contributed by atoms with E-state index in [9.17, 15) is 0 Å². The Labute approximate surface area is 108 Å². The van der Waals surface area contributed by atoms with Gasteiger partial charge in [0.1, 0.15) is 12.4 Å². The van der Waals surface area contributed by atoms with Gasteiger partial charge in [0, 0.05) is 17.4 Å². The van der Waals surface area contributed by atoms with Gasteiger partial charge in [0.05, 0.1) is 5.69 Å². The summed E-state index contributed by atoms with van der Waals surface area (Å²) in [6.45, 7) is 6.50. The van der Waals surface area contributed by atoms with E-state index in [1.807, 2.05) is 45.0 Å². The summed E-state index contributed by atoms with van der Waals surface area (Å²) >= 11 is 0. The van der Waals surface area contributed by atoms with Gasteiger partial charge in [-0.05, 0) is 44.0 Å². The van der Waals surface area contributed by atoms with E-state index in [1.54, 1.807) is 6.20 Å². The number of hydrogen-bond acceptors (Lipinski definition) is 3. The van der Waals surface area contributed by atoms with E-state index < -0.39 is 0 Å². The first kappa shape index (κ1) is 12.4. The summed E-state index contributed by atoms with van der Waals surface area (Å²) < 4.78 is 5.87. The molecule has 94 valence electrons.